The summed E-state index contributed by atoms with van der Waals surface area (Å²) in [7, 11) is 0. The van der Waals surface area contributed by atoms with E-state index in [9.17, 15) is 4.79 Å². The Morgan fingerprint density at radius 2 is 1.85 bits per heavy atom. The Hall–Kier alpha value is -1.85. The molecule has 0 aliphatic carbocycles. The molecule has 1 heterocycles. The zero-order valence-electron chi connectivity index (χ0n) is 15.7. The van der Waals surface area contributed by atoms with Gasteiger partial charge in [0.1, 0.15) is 0 Å². The minimum absolute atomic E-state index is 0.0484. The molecule has 136 valence electrons. The third-order valence-electron chi connectivity index (χ3n) is 4.26. The summed E-state index contributed by atoms with van der Waals surface area (Å²) in [5.74, 6) is 0.702. The SMILES string of the molecule is CCn1c(=NC(=O)CCSc2ccc(C)cc2)sc2c(C)cc(C)cc21. The van der Waals surface area contributed by atoms with Crippen molar-refractivity contribution in [1.29, 1.82) is 0 Å². The molecule has 1 amide bonds. The Bertz CT molecular complexity index is 997. The lowest BCUT2D eigenvalue weighted by Gasteiger charge is -2.03. The predicted octanol–water partition coefficient (Wildman–Crippen LogP) is 5.26. The first kappa shape index (κ1) is 18.9. The van der Waals surface area contributed by atoms with Crippen molar-refractivity contribution in [2.45, 2.75) is 45.6 Å². The zero-order chi connectivity index (χ0) is 18.7. The Kier molecular flexibility index (Phi) is 5.99. The van der Waals surface area contributed by atoms with Crippen LogP contribution in [0.25, 0.3) is 10.2 Å². The molecule has 0 saturated heterocycles. The van der Waals surface area contributed by atoms with E-state index < -0.39 is 0 Å². The summed E-state index contributed by atoms with van der Waals surface area (Å²) in [6.07, 6.45) is 0.453. The van der Waals surface area contributed by atoms with Crippen molar-refractivity contribution in [2.75, 3.05) is 5.75 Å². The lowest BCUT2D eigenvalue weighted by Crippen LogP contribution is -2.16. The number of carbonyl (C=O) groups excluding carboxylic acids is 1. The number of fused-ring (bicyclic) bond motifs is 1. The molecule has 0 N–H and O–H groups in total. The molecule has 5 heteroatoms. The maximum absolute atomic E-state index is 12.4. The van der Waals surface area contributed by atoms with E-state index in [4.69, 9.17) is 0 Å². The van der Waals surface area contributed by atoms with E-state index in [1.54, 1.807) is 23.1 Å². The van der Waals surface area contributed by atoms with Crippen LogP contribution < -0.4 is 4.80 Å². The molecule has 0 unspecified atom stereocenters. The highest BCUT2D eigenvalue weighted by Crippen LogP contribution is 2.23. The number of nitrogens with zero attached hydrogens (tertiary/aromatic N) is 2. The number of aromatic nitrogens is 1. The van der Waals surface area contributed by atoms with Crippen molar-refractivity contribution in [3.63, 3.8) is 0 Å². The van der Waals surface area contributed by atoms with Crippen molar-refractivity contribution in [3.05, 3.63) is 57.9 Å². The van der Waals surface area contributed by atoms with Crippen LogP contribution in [0.2, 0.25) is 0 Å². The van der Waals surface area contributed by atoms with Gasteiger partial charge in [0.15, 0.2) is 4.80 Å². The smallest absolute Gasteiger partial charge is 0.249 e. The molecule has 0 saturated carbocycles. The third kappa shape index (κ3) is 4.27. The topological polar surface area (TPSA) is 34.4 Å². The molecule has 1 aromatic heterocycles. The monoisotopic (exact) mass is 384 g/mol. The molecule has 26 heavy (non-hydrogen) atoms. The van der Waals surface area contributed by atoms with Gasteiger partial charge in [0.05, 0.1) is 10.2 Å². The quantitative estimate of drug-likeness (QED) is 0.563. The number of aryl methyl sites for hydroxylation is 4. The van der Waals surface area contributed by atoms with Gasteiger partial charge in [-0.15, -0.1) is 11.8 Å². The van der Waals surface area contributed by atoms with Gasteiger partial charge in [-0.1, -0.05) is 35.1 Å². The van der Waals surface area contributed by atoms with E-state index in [-0.39, 0.29) is 5.91 Å². The fourth-order valence-electron chi connectivity index (χ4n) is 2.96. The summed E-state index contributed by atoms with van der Waals surface area (Å²) >= 11 is 3.32. The Morgan fingerprint density at radius 1 is 1.12 bits per heavy atom. The molecular formula is C21H24N2OS2. The van der Waals surface area contributed by atoms with E-state index in [2.05, 4.69) is 73.7 Å². The highest BCUT2D eigenvalue weighted by atomic mass is 32.2. The standard InChI is InChI=1S/C21H24N2OS2/c1-5-23-18-13-15(3)12-16(4)20(18)26-21(23)22-19(24)10-11-25-17-8-6-14(2)7-9-17/h6-9,12-13H,5,10-11H2,1-4H3. The van der Waals surface area contributed by atoms with Gasteiger partial charge < -0.3 is 4.57 Å². The summed E-state index contributed by atoms with van der Waals surface area (Å²) in [5.41, 5.74) is 4.91. The molecule has 3 nitrogen and oxygen atoms in total. The Morgan fingerprint density at radius 3 is 2.54 bits per heavy atom. The van der Waals surface area contributed by atoms with Crippen molar-refractivity contribution in [2.24, 2.45) is 4.99 Å². The van der Waals surface area contributed by atoms with E-state index in [0.29, 0.717) is 6.42 Å². The molecule has 2 aromatic carbocycles. The fraction of sp³-hybridized carbons (Fsp3) is 0.333. The van der Waals surface area contributed by atoms with Crippen LogP contribution in [0.4, 0.5) is 0 Å². The van der Waals surface area contributed by atoms with Gasteiger partial charge >= 0.3 is 0 Å². The Labute approximate surface area is 162 Å². The Balaban J connectivity index is 1.77. The van der Waals surface area contributed by atoms with E-state index >= 15 is 0 Å². The molecule has 0 atom stereocenters. The molecule has 0 aliphatic heterocycles. The van der Waals surface area contributed by atoms with Crippen molar-refractivity contribution >= 4 is 39.2 Å². The van der Waals surface area contributed by atoms with Crippen molar-refractivity contribution in [3.8, 4) is 0 Å². The van der Waals surface area contributed by atoms with Gasteiger partial charge in [-0.25, -0.2) is 0 Å². The minimum atomic E-state index is -0.0484. The van der Waals surface area contributed by atoms with E-state index in [1.165, 1.54) is 31.8 Å². The normalized spacial score (nSPS) is 12.1. The summed E-state index contributed by atoms with van der Waals surface area (Å²) in [5, 5.41) is 0. The summed E-state index contributed by atoms with van der Waals surface area (Å²) in [6, 6.07) is 12.8. The second kappa shape index (κ2) is 8.23. The molecule has 3 rings (SSSR count). The zero-order valence-corrected chi connectivity index (χ0v) is 17.3. The van der Waals surface area contributed by atoms with Crippen LogP contribution in [-0.4, -0.2) is 16.2 Å². The highest BCUT2D eigenvalue weighted by molar-refractivity contribution is 7.99. The lowest BCUT2D eigenvalue weighted by atomic mass is 10.1. The number of thioether (sulfide) groups is 1. The lowest BCUT2D eigenvalue weighted by molar-refractivity contribution is -0.117. The van der Waals surface area contributed by atoms with Crippen molar-refractivity contribution in [1.82, 2.24) is 4.57 Å². The van der Waals surface area contributed by atoms with Crippen LogP contribution in [-0.2, 0) is 11.3 Å². The first-order chi connectivity index (χ1) is 12.5. The van der Waals surface area contributed by atoms with Gasteiger partial charge in [0, 0.05) is 23.6 Å². The number of carbonyl (C=O) groups is 1. The van der Waals surface area contributed by atoms with Gasteiger partial charge in [-0.3, -0.25) is 4.79 Å². The highest BCUT2D eigenvalue weighted by Gasteiger charge is 2.09. The maximum Gasteiger partial charge on any atom is 0.249 e. The second-order valence-corrected chi connectivity index (χ2v) is 8.62. The first-order valence-corrected chi connectivity index (χ1v) is 10.7. The number of benzene rings is 2. The van der Waals surface area contributed by atoms with Crippen LogP contribution in [0, 0.1) is 20.8 Å². The summed E-state index contributed by atoms with van der Waals surface area (Å²) in [6.45, 7) is 9.21. The summed E-state index contributed by atoms with van der Waals surface area (Å²) < 4.78 is 3.36. The first-order valence-electron chi connectivity index (χ1n) is 8.85. The van der Waals surface area contributed by atoms with Crippen LogP contribution >= 0.6 is 23.1 Å². The van der Waals surface area contributed by atoms with Crippen LogP contribution in [0.1, 0.15) is 30.0 Å². The average Bonchev–Trinajstić information content (AvgIpc) is 2.94. The van der Waals surface area contributed by atoms with Crippen molar-refractivity contribution < 1.29 is 4.79 Å². The molecule has 0 aliphatic rings. The van der Waals surface area contributed by atoms with Gasteiger partial charge in [-0.2, -0.15) is 4.99 Å². The van der Waals surface area contributed by atoms with Gasteiger partial charge in [0.2, 0.25) is 5.91 Å². The average molecular weight is 385 g/mol. The molecule has 0 spiro atoms. The van der Waals surface area contributed by atoms with Gasteiger partial charge in [-0.05, 0) is 57.0 Å². The molecule has 0 fully saturated rings. The number of hydrogen-bond acceptors (Lipinski definition) is 3. The molecule has 0 radical (unpaired) electrons. The van der Waals surface area contributed by atoms with E-state index in [0.717, 1.165) is 17.1 Å². The van der Waals surface area contributed by atoms with Crippen LogP contribution in [0.15, 0.2) is 46.3 Å². The predicted molar refractivity (Wildman–Crippen MR) is 112 cm³/mol. The number of rotatable bonds is 5. The molecular weight excluding hydrogens is 360 g/mol. The number of thiazole rings is 1. The fourth-order valence-corrected chi connectivity index (χ4v) is 4.96. The largest absolute Gasteiger partial charge is 0.317 e. The van der Waals surface area contributed by atoms with E-state index in [1.807, 2.05) is 0 Å². The molecule has 0 bridgehead atoms. The third-order valence-corrected chi connectivity index (χ3v) is 6.50. The molecule has 3 aromatic rings. The number of amides is 1. The summed E-state index contributed by atoms with van der Waals surface area (Å²) in [4.78, 5) is 18.8. The van der Waals surface area contributed by atoms with Gasteiger partial charge in [0.25, 0.3) is 0 Å². The minimum Gasteiger partial charge on any atom is -0.317 e. The second-order valence-electron chi connectivity index (χ2n) is 6.48. The maximum atomic E-state index is 12.4. The number of hydrogen-bond donors (Lipinski definition) is 0. The van der Waals surface area contributed by atoms with Crippen LogP contribution in [0.3, 0.4) is 0 Å². The van der Waals surface area contributed by atoms with Crippen LogP contribution in [0.5, 0.6) is 0 Å².